The number of halogens is 2. The van der Waals surface area contributed by atoms with Crippen LogP contribution >= 0.6 is 0 Å². The van der Waals surface area contributed by atoms with Crippen molar-refractivity contribution in [1.82, 2.24) is 14.9 Å². The summed E-state index contributed by atoms with van der Waals surface area (Å²) in [5.74, 6) is -1.81. The summed E-state index contributed by atoms with van der Waals surface area (Å²) in [4.78, 5) is 23.1. The minimum atomic E-state index is -0.980. The van der Waals surface area contributed by atoms with Crippen LogP contribution in [0.25, 0.3) is 11.1 Å². The van der Waals surface area contributed by atoms with E-state index in [1.807, 2.05) is 25.1 Å². The maximum atomic E-state index is 14.2. The first-order valence-corrected chi connectivity index (χ1v) is 11.6. The Morgan fingerprint density at radius 2 is 1.94 bits per heavy atom. The van der Waals surface area contributed by atoms with Crippen LogP contribution < -0.4 is 10.6 Å². The third-order valence-electron chi connectivity index (χ3n) is 6.57. The van der Waals surface area contributed by atoms with E-state index in [2.05, 4.69) is 32.4 Å². The highest BCUT2D eigenvalue weighted by atomic mass is 19.2. The second-order valence-electron chi connectivity index (χ2n) is 8.84. The Morgan fingerprint density at radius 3 is 2.62 bits per heavy atom. The van der Waals surface area contributed by atoms with E-state index >= 15 is 0 Å². The number of imidazole rings is 1. The summed E-state index contributed by atoms with van der Waals surface area (Å²) in [5, 5.41) is 6.51. The van der Waals surface area contributed by atoms with Gasteiger partial charge in [-0.1, -0.05) is 13.0 Å². The van der Waals surface area contributed by atoms with Crippen molar-refractivity contribution in [2.24, 2.45) is 0 Å². The maximum Gasteiger partial charge on any atom is 0.257 e. The number of aromatic amines is 1. The predicted molar refractivity (Wildman–Crippen MR) is 129 cm³/mol. The molecule has 34 heavy (non-hydrogen) atoms. The van der Waals surface area contributed by atoms with Crippen LogP contribution in [0.4, 0.5) is 20.2 Å². The average molecular weight is 464 g/mol. The minimum absolute atomic E-state index is 0.308. The third-order valence-corrected chi connectivity index (χ3v) is 6.57. The number of carbonyl (C=O) groups excluding carboxylic acids is 1. The van der Waals surface area contributed by atoms with Crippen molar-refractivity contribution >= 4 is 28.4 Å². The van der Waals surface area contributed by atoms with Gasteiger partial charge in [0.15, 0.2) is 11.6 Å². The monoisotopic (exact) mass is 463 g/mol. The summed E-state index contributed by atoms with van der Waals surface area (Å²) in [6.07, 6.45) is 3.82. The standard InChI is InChI=1S/C26H27F2N5O/c1-3-33-10-8-17(9-11-33)31-18-5-7-22-19(13-18)24(26(34)32-22)23(25-29-14-15(2)30-25)16-4-6-20(27)21(28)12-16/h4-7,12-14,17,31H,3,8-11H2,1-2H3,(H,29,30)(H,32,34). The summed E-state index contributed by atoms with van der Waals surface area (Å²) in [5.41, 5.74) is 4.20. The van der Waals surface area contributed by atoms with Gasteiger partial charge in [0.2, 0.25) is 0 Å². The molecule has 0 bridgehead atoms. The Bertz CT molecular complexity index is 1270. The second kappa shape index (κ2) is 9.02. The number of aryl methyl sites for hydroxylation is 1. The zero-order chi connectivity index (χ0) is 23.8. The van der Waals surface area contributed by atoms with Crippen molar-refractivity contribution < 1.29 is 13.6 Å². The molecule has 0 spiro atoms. The lowest BCUT2D eigenvalue weighted by Crippen LogP contribution is -2.38. The number of nitrogens with zero attached hydrogens (tertiary/aromatic N) is 2. The van der Waals surface area contributed by atoms with Crippen molar-refractivity contribution in [1.29, 1.82) is 0 Å². The zero-order valence-electron chi connectivity index (χ0n) is 19.2. The van der Waals surface area contributed by atoms with Gasteiger partial charge in [0.05, 0.1) is 11.3 Å². The van der Waals surface area contributed by atoms with Crippen molar-refractivity contribution in [2.75, 3.05) is 30.3 Å². The van der Waals surface area contributed by atoms with E-state index in [1.54, 1.807) is 6.20 Å². The smallest absolute Gasteiger partial charge is 0.257 e. The minimum Gasteiger partial charge on any atom is -0.382 e. The number of benzene rings is 2. The lowest BCUT2D eigenvalue weighted by atomic mass is 9.94. The number of amides is 1. The first kappa shape index (κ1) is 22.3. The van der Waals surface area contributed by atoms with Crippen LogP contribution in [-0.2, 0) is 4.79 Å². The number of rotatable bonds is 5. The van der Waals surface area contributed by atoms with E-state index in [1.165, 1.54) is 6.07 Å². The topological polar surface area (TPSA) is 73.0 Å². The van der Waals surface area contributed by atoms with E-state index in [-0.39, 0.29) is 5.91 Å². The predicted octanol–water partition coefficient (Wildman–Crippen LogP) is 4.80. The number of carbonyl (C=O) groups is 1. The number of anilines is 2. The summed E-state index contributed by atoms with van der Waals surface area (Å²) >= 11 is 0. The van der Waals surface area contributed by atoms with Gasteiger partial charge < -0.3 is 20.5 Å². The lowest BCUT2D eigenvalue weighted by molar-refractivity contribution is -0.110. The molecule has 6 nitrogen and oxygen atoms in total. The molecule has 0 atom stereocenters. The Hall–Kier alpha value is -3.52. The number of likely N-dealkylation sites (tertiary alicyclic amines) is 1. The summed E-state index contributed by atoms with van der Waals surface area (Å²) in [6.45, 7) is 7.18. The molecule has 2 aromatic carbocycles. The van der Waals surface area contributed by atoms with Gasteiger partial charge in [-0.3, -0.25) is 4.79 Å². The largest absolute Gasteiger partial charge is 0.382 e. The number of H-pyrrole nitrogens is 1. The molecule has 1 amide bonds. The number of fused-ring (bicyclic) bond motifs is 1. The molecule has 5 rings (SSSR count). The van der Waals surface area contributed by atoms with Gasteiger partial charge in [0.25, 0.3) is 5.91 Å². The highest BCUT2D eigenvalue weighted by Crippen LogP contribution is 2.41. The summed E-state index contributed by atoms with van der Waals surface area (Å²) in [6, 6.07) is 9.78. The van der Waals surface area contributed by atoms with E-state index < -0.39 is 11.6 Å². The van der Waals surface area contributed by atoms with Gasteiger partial charge in [-0.15, -0.1) is 0 Å². The molecule has 3 aromatic rings. The fourth-order valence-corrected chi connectivity index (χ4v) is 4.73. The number of aromatic nitrogens is 2. The first-order chi connectivity index (χ1) is 16.4. The highest BCUT2D eigenvalue weighted by molar-refractivity contribution is 6.38. The SMILES string of the molecule is CCN1CCC(Nc2ccc3c(c2)C(=C(c2ccc(F)c(F)c2)c2nc(C)c[nH]2)C(=O)N3)CC1. The normalized spacial score (nSPS) is 18.1. The molecule has 2 aliphatic heterocycles. The first-order valence-electron chi connectivity index (χ1n) is 11.6. The molecule has 176 valence electrons. The van der Waals surface area contributed by atoms with Gasteiger partial charge in [-0.25, -0.2) is 13.8 Å². The van der Waals surface area contributed by atoms with Crippen LogP contribution in [0, 0.1) is 18.6 Å². The van der Waals surface area contributed by atoms with Crippen LogP contribution in [0.5, 0.6) is 0 Å². The van der Waals surface area contributed by atoms with Crippen molar-refractivity contribution in [3.05, 3.63) is 76.9 Å². The fraction of sp³-hybridized carbons (Fsp3) is 0.308. The fourth-order valence-electron chi connectivity index (χ4n) is 4.73. The Balaban J connectivity index is 1.58. The molecule has 0 aliphatic carbocycles. The molecular weight excluding hydrogens is 436 g/mol. The molecule has 2 aliphatic rings. The number of hydrogen-bond donors (Lipinski definition) is 3. The molecule has 1 fully saturated rings. The highest BCUT2D eigenvalue weighted by Gasteiger charge is 2.31. The van der Waals surface area contributed by atoms with E-state index in [0.29, 0.717) is 39.8 Å². The van der Waals surface area contributed by atoms with Gasteiger partial charge >= 0.3 is 0 Å². The van der Waals surface area contributed by atoms with Crippen LogP contribution in [0.1, 0.15) is 42.4 Å². The van der Waals surface area contributed by atoms with Gasteiger partial charge in [-0.05, 0) is 62.2 Å². The summed E-state index contributed by atoms with van der Waals surface area (Å²) < 4.78 is 27.9. The number of piperidine rings is 1. The average Bonchev–Trinajstić information content (AvgIpc) is 3.40. The second-order valence-corrected chi connectivity index (χ2v) is 8.84. The van der Waals surface area contributed by atoms with Crippen LogP contribution in [0.15, 0.2) is 42.6 Å². The van der Waals surface area contributed by atoms with E-state index in [4.69, 9.17) is 0 Å². The molecular formula is C26H27F2N5O. The van der Waals surface area contributed by atoms with E-state index in [0.717, 1.165) is 56.0 Å². The molecule has 3 N–H and O–H groups in total. The maximum absolute atomic E-state index is 14.2. The molecule has 0 radical (unpaired) electrons. The Kier molecular flexibility index (Phi) is 5.91. The van der Waals surface area contributed by atoms with Gasteiger partial charge in [0, 0.05) is 47.8 Å². The zero-order valence-corrected chi connectivity index (χ0v) is 19.2. The van der Waals surface area contributed by atoms with Crippen molar-refractivity contribution in [3.63, 3.8) is 0 Å². The van der Waals surface area contributed by atoms with Crippen LogP contribution in [0.3, 0.4) is 0 Å². The van der Waals surface area contributed by atoms with Crippen LogP contribution in [-0.4, -0.2) is 46.5 Å². The van der Waals surface area contributed by atoms with Crippen molar-refractivity contribution in [2.45, 2.75) is 32.7 Å². The molecule has 8 heteroatoms. The Labute approximate surface area is 197 Å². The summed E-state index contributed by atoms with van der Waals surface area (Å²) in [7, 11) is 0. The number of nitrogens with one attached hydrogen (secondary N) is 3. The van der Waals surface area contributed by atoms with Gasteiger partial charge in [0.1, 0.15) is 5.82 Å². The van der Waals surface area contributed by atoms with Gasteiger partial charge in [-0.2, -0.15) is 0 Å². The third kappa shape index (κ3) is 4.21. The molecule has 1 saturated heterocycles. The van der Waals surface area contributed by atoms with Crippen molar-refractivity contribution in [3.8, 4) is 0 Å². The Morgan fingerprint density at radius 1 is 1.15 bits per heavy atom. The molecule has 0 unspecified atom stereocenters. The van der Waals surface area contributed by atoms with Crippen LogP contribution in [0.2, 0.25) is 0 Å². The molecule has 1 aromatic heterocycles. The molecule has 3 heterocycles. The molecule has 0 saturated carbocycles. The van der Waals surface area contributed by atoms with E-state index in [9.17, 15) is 13.6 Å². The lowest BCUT2D eigenvalue weighted by Gasteiger charge is -2.32. The quantitative estimate of drug-likeness (QED) is 0.475. The number of hydrogen-bond acceptors (Lipinski definition) is 4.